The average Bonchev–Trinajstić information content (AvgIpc) is 2.88. The summed E-state index contributed by atoms with van der Waals surface area (Å²) in [5.41, 5.74) is 2.40. The second-order valence-corrected chi connectivity index (χ2v) is 4.48. The van der Waals surface area contributed by atoms with Gasteiger partial charge in [0.25, 0.3) is 0 Å². The lowest BCUT2D eigenvalue weighted by molar-refractivity contribution is 0.0695. The van der Waals surface area contributed by atoms with Crippen LogP contribution in [0.1, 0.15) is 41.7 Å². The fourth-order valence-corrected chi connectivity index (χ4v) is 2.19. The van der Waals surface area contributed by atoms with Gasteiger partial charge in [0.05, 0.1) is 11.3 Å². The molecule has 1 aliphatic rings. The first-order valence-electron chi connectivity index (χ1n) is 6.33. The van der Waals surface area contributed by atoms with Crippen LogP contribution in [0.25, 0.3) is 0 Å². The third-order valence-corrected chi connectivity index (χ3v) is 3.17. The summed E-state index contributed by atoms with van der Waals surface area (Å²) >= 11 is 0. The minimum atomic E-state index is -0.918. The predicted octanol–water partition coefficient (Wildman–Crippen LogP) is 2.37. The molecule has 1 aliphatic carbocycles. The van der Waals surface area contributed by atoms with E-state index in [-0.39, 0.29) is 5.56 Å². The van der Waals surface area contributed by atoms with Gasteiger partial charge < -0.3 is 10.4 Å². The van der Waals surface area contributed by atoms with E-state index in [1.807, 2.05) is 0 Å². The number of pyridine rings is 1. The Hall–Kier alpha value is -1.68. The van der Waals surface area contributed by atoms with Crippen molar-refractivity contribution in [2.75, 3.05) is 6.54 Å². The van der Waals surface area contributed by atoms with Gasteiger partial charge in [0.1, 0.15) is 0 Å². The zero-order valence-corrected chi connectivity index (χ0v) is 10.4. The van der Waals surface area contributed by atoms with E-state index < -0.39 is 5.97 Å². The molecule has 2 N–H and O–H groups in total. The van der Waals surface area contributed by atoms with Crippen molar-refractivity contribution in [3.8, 4) is 0 Å². The lowest BCUT2D eigenvalue weighted by Gasteiger charge is -2.07. The van der Waals surface area contributed by atoms with Crippen molar-refractivity contribution in [3.05, 3.63) is 41.2 Å². The number of rotatable bonds is 6. The van der Waals surface area contributed by atoms with E-state index in [4.69, 9.17) is 5.11 Å². The SMILES string of the molecule is O=C(O)c1cccnc1CNCCC1=CCCC1. The van der Waals surface area contributed by atoms with Gasteiger partial charge in [-0.25, -0.2) is 4.79 Å². The topological polar surface area (TPSA) is 62.2 Å². The van der Waals surface area contributed by atoms with Gasteiger partial charge in [-0.05, 0) is 44.4 Å². The molecule has 0 saturated heterocycles. The number of hydrogen-bond donors (Lipinski definition) is 2. The van der Waals surface area contributed by atoms with Crippen LogP contribution in [-0.2, 0) is 6.54 Å². The Bertz CT molecular complexity index is 455. The number of allylic oxidation sites excluding steroid dienone is 1. The minimum Gasteiger partial charge on any atom is -0.478 e. The number of aromatic carboxylic acids is 1. The second kappa shape index (κ2) is 6.31. The first-order chi connectivity index (χ1) is 8.77. The van der Waals surface area contributed by atoms with Gasteiger partial charge in [0.15, 0.2) is 0 Å². The van der Waals surface area contributed by atoms with Gasteiger partial charge >= 0.3 is 5.97 Å². The van der Waals surface area contributed by atoms with Gasteiger partial charge in [-0.1, -0.05) is 11.6 Å². The predicted molar refractivity (Wildman–Crippen MR) is 69.5 cm³/mol. The van der Waals surface area contributed by atoms with E-state index in [0.29, 0.717) is 12.2 Å². The molecular formula is C14H18N2O2. The van der Waals surface area contributed by atoms with Gasteiger partial charge in [0, 0.05) is 12.7 Å². The van der Waals surface area contributed by atoms with Crippen LogP contribution >= 0.6 is 0 Å². The van der Waals surface area contributed by atoms with Gasteiger partial charge in [0.2, 0.25) is 0 Å². The van der Waals surface area contributed by atoms with E-state index in [1.165, 1.54) is 24.8 Å². The summed E-state index contributed by atoms with van der Waals surface area (Å²) in [6.07, 6.45) is 8.69. The minimum absolute atomic E-state index is 0.282. The van der Waals surface area contributed by atoms with E-state index >= 15 is 0 Å². The first-order valence-corrected chi connectivity index (χ1v) is 6.33. The number of nitrogens with one attached hydrogen (secondary N) is 1. The molecule has 0 aromatic carbocycles. The Morgan fingerprint density at radius 1 is 1.50 bits per heavy atom. The molecular weight excluding hydrogens is 228 g/mol. The maximum atomic E-state index is 11.0. The summed E-state index contributed by atoms with van der Waals surface area (Å²) in [5, 5.41) is 12.3. The second-order valence-electron chi connectivity index (χ2n) is 4.48. The first kappa shape index (κ1) is 12.8. The molecule has 2 rings (SSSR count). The van der Waals surface area contributed by atoms with Crippen molar-refractivity contribution in [1.29, 1.82) is 0 Å². The summed E-state index contributed by atoms with van der Waals surface area (Å²) in [7, 11) is 0. The van der Waals surface area contributed by atoms with Crippen molar-refractivity contribution in [1.82, 2.24) is 10.3 Å². The molecule has 0 spiro atoms. The maximum Gasteiger partial charge on any atom is 0.337 e. The molecule has 0 atom stereocenters. The van der Waals surface area contributed by atoms with Crippen LogP contribution < -0.4 is 5.32 Å². The number of aromatic nitrogens is 1. The molecule has 4 heteroatoms. The molecule has 0 unspecified atom stereocenters. The largest absolute Gasteiger partial charge is 0.478 e. The third-order valence-electron chi connectivity index (χ3n) is 3.17. The smallest absolute Gasteiger partial charge is 0.337 e. The number of hydrogen-bond acceptors (Lipinski definition) is 3. The summed E-state index contributed by atoms with van der Waals surface area (Å²) < 4.78 is 0. The fraction of sp³-hybridized carbons (Fsp3) is 0.429. The molecule has 96 valence electrons. The highest BCUT2D eigenvalue weighted by molar-refractivity contribution is 5.88. The highest BCUT2D eigenvalue weighted by Gasteiger charge is 2.10. The highest BCUT2D eigenvalue weighted by Crippen LogP contribution is 2.19. The van der Waals surface area contributed by atoms with Gasteiger partial charge in [-0.3, -0.25) is 4.98 Å². The average molecular weight is 246 g/mol. The zero-order valence-electron chi connectivity index (χ0n) is 10.4. The lowest BCUT2D eigenvalue weighted by atomic mass is 10.1. The zero-order chi connectivity index (χ0) is 12.8. The Morgan fingerprint density at radius 2 is 2.39 bits per heavy atom. The molecule has 1 aromatic rings. The Balaban J connectivity index is 1.81. The van der Waals surface area contributed by atoms with E-state index in [1.54, 1.807) is 18.3 Å². The highest BCUT2D eigenvalue weighted by atomic mass is 16.4. The van der Waals surface area contributed by atoms with Crippen LogP contribution in [0.3, 0.4) is 0 Å². The van der Waals surface area contributed by atoms with E-state index in [0.717, 1.165) is 13.0 Å². The number of carboxylic acid groups (broad SMARTS) is 1. The molecule has 0 bridgehead atoms. The van der Waals surface area contributed by atoms with Crippen molar-refractivity contribution in [3.63, 3.8) is 0 Å². The number of carbonyl (C=O) groups is 1. The summed E-state index contributed by atoms with van der Waals surface area (Å²) in [6, 6.07) is 3.24. The van der Waals surface area contributed by atoms with Crippen LogP contribution in [0.5, 0.6) is 0 Å². The molecule has 0 amide bonds. The standard InChI is InChI=1S/C14H18N2O2/c17-14(18)12-6-3-8-16-13(12)10-15-9-7-11-4-1-2-5-11/h3-4,6,8,15H,1-2,5,7,9-10H2,(H,17,18). The Morgan fingerprint density at radius 3 is 3.11 bits per heavy atom. The van der Waals surface area contributed by atoms with Crippen LogP contribution in [0, 0.1) is 0 Å². The van der Waals surface area contributed by atoms with Crippen molar-refractivity contribution >= 4 is 5.97 Å². The molecule has 0 saturated carbocycles. The molecule has 4 nitrogen and oxygen atoms in total. The number of nitrogens with zero attached hydrogens (tertiary/aromatic N) is 1. The fourth-order valence-electron chi connectivity index (χ4n) is 2.19. The van der Waals surface area contributed by atoms with E-state index in [9.17, 15) is 4.79 Å². The molecule has 1 heterocycles. The van der Waals surface area contributed by atoms with E-state index in [2.05, 4.69) is 16.4 Å². The molecule has 0 aliphatic heterocycles. The Labute approximate surface area is 107 Å². The van der Waals surface area contributed by atoms with Crippen molar-refractivity contribution in [2.45, 2.75) is 32.2 Å². The van der Waals surface area contributed by atoms with Crippen LogP contribution in [0.2, 0.25) is 0 Å². The molecule has 0 fully saturated rings. The van der Waals surface area contributed by atoms with Crippen LogP contribution in [-0.4, -0.2) is 22.6 Å². The molecule has 0 radical (unpaired) electrons. The normalized spacial score (nSPS) is 14.6. The van der Waals surface area contributed by atoms with Gasteiger partial charge in [-0.2, -0.15) is 0 Å². The van der Waals surface area contributed by atoms with Crippen molar-refractivity contribution < 1.29 is 9.90 Å². The number of carboxylic acids is 1. The van der Waals surface area contributed by atoms with Crippen LogP contribution in [0.15, 0.2) is 30.0 Å². The quantitative estimate of drug-likeness (QED) is 0.597. The molecule has 18 heavy (non-hydrogen) atoms. The molecule has 1 aromatic heterocycles. The Kier molecular flexibility index (Phi) is 4.47. The monoisotopic (exact) mass is 246 g/mol. The lowest BCUT2D eigenvalue weighted by Crippen LogP contribution is -2.18. The third kappa shape index (κ3) is 3.40. The summed E-state index contributed by atoms with van der Waals surface area (Å²) in [6.45, 7) is 1.39. The van der Waals surface area contributed by atoms with Crippen molar-refractivity contribution in [2.24, 2.45) is 0 Å². The van der Waals surface area contributed by atoms with Crippen LogP contribution in [0.4, 0.5) is 0 Å². The maximum absolute atomic E-state index is 11.0. The van der Waals surface area contributed by atoms with Gasteiger partial charge in [-0.15, -0.1) is 0 Å². The summed E-state index contributed by atoms with van der Waals surface area (Å²) in [5.74, 6) is -0.918. The summed E-state index contributed by atoms with van der Waals surface area (Å²) in [4.78, 5) is 15.1.